The molecule has 1 aromatic carbocycles. The summed E-state index contributed by atoms with van der Waals surface area (Å²) in [6.07, 6.45) is 2.94. The van der Waals surface area contributed by atoms with E-state index in [0.717, 1.165) is 6.42 Å². The van der Waals surface area contributed by atoms with E-state index in [-0.39, 0.29) is 11.1 Å². The number of hydrogen-bond acceptors (Lipinski definition) is 3. The lowest BCUT2D eigenvalue weighted by Gasteiger charge is -2.26. The lowest BCUT2D eigenvalue weighted by atomic mass is 9.99. The lowest BCUT2D eigenvalue weighted by Crippen LogP contribution is -2.35. The van der Waals surface area contributed by atoms with Crippen LogP contribution in [-0.4, -0.2) is 34.1 Å². The van der Waals surface area contributed by atoms with Gasteiger partial charge in [-0.25, -0.2) is 0 Å². The Morgan fingerprint density at radius 3 is 2.52 bits per heavy atom. The first-order valence-electron chi connectivity index (χ1n) is 6.77. The fraction of sp³-hybridized carbons (Fsp3) is 0.188. The number of carbonyl (C=O) groups is 1. The molecule has 0 bridgehead atoms. The van der Waals surface area contributed by atoms with Crippen LogP contribution in [0, 0.1) is 0 Å². The topological polar surface area (TPSA) is 46.1 Å². The molecule has 1 aromatic heterocycles. The Morgan fingerprint density at radius 2 is 1.90 bits per heavy atom. The molecule has 106 valence electrons. The van der Waals surface area contributed by atoms with E-state index in [1.165, 1.54) is 11.1 Å². The zero-order valence-electron chi connectivity index (χ0n) is 11.4. The Balaban J connectivity index is 1.72. The van der Waals surface area contributed by atoms with Gasteiger partial charge < -0.3 is 4.90 Å². The van der Waals surface area contributed by atoms with Crippen LogP contribution >= 0.6 is 11.6 Å². The summed E-state index contributed by atoms with van der Waals surface area (Å²) in [6, 6.07) is 13.4. The van der Waals surface area contributed by atoms with Crippen molar-refractivity contribution in [2.24, 2.45) is 0 Å². The standard InChI is InChI=1S/C16H14ClN3O/c17-15-7-6-14(18-19-15)16(21)20-10-8-13(9-11-20)12-4-2-1-3-5-12/h1-8H,9-11H2. The quantitative estimate of drug-likeness (QED) is 0.856. The van der Waals surface area contributed by atoms with E-state index >= 15 is 0 Å². The Bertz CT molecular complexity index is 668. The second-order valence-corrected chi connectivity index (χ2v) is 5.23. The van der Waals surface area contributed by atoms with E-state index in [1.807, 2.05) is 18.2 Å². The molecule has 1 aliphatic heterocycles. The summed E-state index contributed by atoms with van der Waals surface area (Å²) in [5.74, 6) is -0.109. The first-order valence-corrected chi connectivity index (χ1v) is 7.15. The first kappa shape index (κ1) is 13.8. The molecule has 0 saturated heterocycles. The van der Waals surface area contributed by atoms with Crippen molar-refractivity contribution in [2.75, 3.05) is 13.1 Å². The van der Waals surface area contributed by atoms with Crippen molar-refractivity contribution in [1.82, 2.24) is 15.1 Å². The number of carbonyl (C=O) groups excluding carboxylic acids is 1. The lowest BCUT2D eigenvalue weighted by molar-refractivity contribution is 0.0766. The molecule has 5 heteroatoms. The van der Waals surface area contributed by atoms with Crippen LogP contribution in [-0.2, 0) is 0 Å². The van der Waals surface area contributed by atoms with Gasteiger partial charge in [-0.15, -0.1) is 10.2 Å². The summed E-state index contributed by atoms with van der Waals surface area (Å²) in [4.78, 5) is 14.1. The fourth-order valence-corrected chi connectivity index (χ4v) is 2.46. The molecule has 0 radical (unpaired) electrons. The molecule has 0 saturated carbocycles. The molecule has 1 aliphatic rings. The summed E-state index contributed by atoms with van der Waals surface area (Å²) < 4.78 is 0. The second-order valence-electron chi connectivity index (χ2n) is 4.84. The number of nitrogens with zero attached hydrogens (tertiary/aromatic N) is 3. The summed E-state index contributed by atoms with van der Waals surface area (Å²) in [5, 5.41) is 7.84. The van der Waals surface area contributed by atoms with Gasteiger partial charge in [-0.3, -0.25) is 4.79 Å². The van der Waals surface area contributed by atoms with E-state index in [1.54, 1.807) is 17.0 Å². The minimum absolute atomic E-state index is 0.109. The van der Waals surface area contributed by atoms with Gasteiger partial charge in [0.25, 0.3) is 5.91 Å². The van der Waals surface area contributed by atoms with E-state index in [9.17, 15) is 4.79 Å². The average Bonchev–Trinajstić information content (AvgIpc) is 2.56. The van der Waals surface area contributed by atoms with Gasteiger partial charge in [-0.1, -0.05) is 48.0 Å². The molecule has 21 heavy (non-hydrogen) atoms. The van der Waals surface area contributed by atoms with Crippen LogP contribution in [0.25, 0.3) is 5.57 Å². The van der Waals surface area contributed by atoms with Crippen LogP contribution in [0.4, 0.5) is 0 Å². The molecule has 0 unspecified atom stereocenters. The number of rotatable bonds is 2. The van der Waals surface area contributed by atoms with Gasteiger partial charge in [0.1, 0.15) is 0 Å². The summed E-state index contributed by atoms with van der Waals surface area (Å²) in [5.41, 5.74) is 2.83. The molecular weight excluding hydrogens is 286 g/mol. The molecule has 0 aliphatic carbocycles. The van der Waals surface area contributed by atoms with E-state index < -0.39 is 0 Å². The third-order valence-electron chi connectivity index (χ3n) is 3.49. The molecule has 3 rings (SSSR count). The SMILES string of the molecule is O=C(c1ccc(Cl)nn1)N1CC=C(c2ccccc2)CC1. The Hall–Kier alpha value is -2.20. The highest BCUT2D eigenvalue weighted by molar-refractivity contribution is 6.29. The van der Waals surface area contributed by atoms with Crippen LogP contribution in [0.15, 0.2) is 48.5 Å². The predicted octanol–water partition coefficient (Wildman–Crippen LogP) is 3.06. The van der Waals surface area contributed by atoms with Crippen LogP contribution in [0.5, 0.6) is 0 Å². The van der Waals surface area contributed by atoms with Gasteiger partial charge in [0.15, 0.2) is 10.8 Å². The first-order chi connectivity index (χ1) is 10.2. The summed E-state index contributed by atoms with van der Waals surface area (Å²) >= 11 is 5.68. The van der Waals surface area contributed by atoms with E-state index in [4.69, 9.17) is 11.6 Å². The highest BCUT2D eigenvalue weighted by atomic mass is 35.5. The molecule has 0 spiro atoms. The second kappa shape index (κ2) is 6.06. The third kappa shape index (κ3) is 3.11. The van der Waals surface area contributed by atoms with Crippen molar-refractivity contribution in [3.05, 3.63) is 65.0 Å². The van der Waals surface area contributed by atoms with Crippen LogP contribution < -0.4 is 0 Å². The number of halogens is 1. The zero-order chi connectivity index (χ0) is 14.7. The Labute approximate surface area is 128 Å². The fourth-order valence-electron chi connectivity index (χ4n) is 2.36. The van der Waals surface area contributed by atoms with Crippen molar-refractivity contribution in [2.45, 2.75) is 6.42 Å². The number of hydrogen-bond donors (Lipinski definition) is 0. The summed E-state index contributed by atoms with van der Waals surface area (Å²) in [6.45, 7) is 1.28. The molecule has 0 N–H and O–H groups in total. The van der Waals surface area contributed by atoms with Crippen molar-refractivity contribution in [3.8, 4) is 0 Å². The number of benzene rings is 1. The molecule has 2 heterocycles. The molecule has 4 nitrogen and oxygen atoms in total. The van der Waals surface area contributed by atoms with Gasteiger partial charge in [-0.05, 0) is 29.7 Å². The minimum atomic E-state index is -0.109. The maximum atomic E-state index is 12.3. The molecule has 2 aromatic rings. The Morgan fingerprint density at radius 1 is 1.10 bits per heavy atom. The summed E-state index contributed by atoms with van der Waals surface area (Å²) in [7, 11) is 0. The molecule has 0 atom stereocenters. The minimum Gasteiger partial charge on any atom is -0.333 e. The molecule has 0 fully saturated rings. The van der Waals surface area contributed by atoms with Gasteiger partial charge in [0.05, 0.1) is 0 Å². The maximum absolute atomic E-state index is 12.3. The van der Waals surface area contributed by atoms with Gasteiger partial charge in [0.2, 0.25) is 0 Å². The monoisotopic (exact) mass is 299 g/mol. The largest absolute Gasteiger partial charge is 0.333 e. The molecular formula is C16H14ClN3O. The van der Waals surface area contributed by atoms with Gasteiger partial charge in [0, 0.05) is 13.1 Å². The van der Waals surface area contributed by atoms with E-state index in [0.29, 0.717) is 18.8 Å². The van der Waals surface area contributed by atoms with Crippen molar-refractivity contribution >= 4 is 23.1 Å². The number of aromatic nitrogens is 2. The van der Waals surface area contributed by atoms with Crippen molar-refractivity contribution in [1.29, 1.82) is 0 Å². The predicted molar refractivity (Wildman–Crippen MR) is 82.0 cm³/mol. The Kier molecular flexibility index (Phi) is 3.97. The third-order valence-corrected chi connectivity index (χ3v) is 3.69. The highest BCUT2D eigenvalue weighted by Crippen LogP contribution is 2.22. The maximum Gasteiger partial charge on any atom is 0.274 e. The molecule has 1 amide bonds. The zero-order valence-corrected chi connectivity index (χ0v) is 12.1. The van der Waals surface area contributed by atoms with Crippen molar-refractivity contribution < 1.29 is 4.79 Å². The van der Waals surface area contributed by atoms with Crippen LogP contribution in [0.3, 0.4) is 0 Å². The number of amides is 1. The normalized spacial score (nSPS) is 14.7. The van der Waals surface area contributed by atoms with E-state index in [2.05, 4.69) is 28.4 Å². The average molecular weight is 300 g/mol. The van der Waals surface area contributed by atoms with Gasteiger partial charge >= 0.3 is 0 Å². The van der Waals surface area contributed by atoms with Crippen molar-refractivity contribution in [3.63, 3.8) is 0 Å². The smallest absolute Gasteiger partial charge is 0.274 e. The highest BCUT2D eigenvalue weighted by Gasteiger charge is 2.20. The van der Waals surface area contributed by atoms with Crippen LogP contribution in [0.2, 0.25) is 5.15 Å². The van der Waals surface area contributed by atoms with Gasteiger partial charge in [-0.2, -0.15) is 0 Å². The van der Waals surface area contributed by atoms with Crippen LogP contribution in [0.1, 0.15) is 22.5 Å².